The molecule has 3 N–H and O–H groups in total. The normalized spacial score (nSPS) is 10.6. The largest absolute Gasteiger partial charge is 0.399 e. The van der Waals surface area contributed by atoms with Crippen LogP contribution >= 0.6 is 0 Å². The summed E-state index contributed by atoms with van der Waals surface area (Å²) in [6, 6.07) is 7.61. The van der Waals surface area contributed by atoms with Gasteiger partial charge in [-0.05, 0) is 24.3 Å². The molecule has 2 rings (SSSR count). The number of hydrogen-bond donors (Lipinski definition) is 2. The minimum absolute atomic E-state index is 0.134. The molecule has 1 aromatic carbocycles. The third kappa shape index (κ3) is 1.92. The maximum atomic E-state index is 8.94. The number of anilines is 2. The van der Waals surface area contributed by atoms with Crippen LogP contribution in [0.2, 0.25) is 0 Å². The summed E-state index contributed by atoms with van der Waals surface area (Å²) in [6.45, 7) is 0.735. The van der Waals surface area contributed by atoms with Gasteiger partial charge in [-0.15, -0.1) is 0 Å². The van der Waals surface area contributed by atoms with Crippen LogP contribution in [0.15, 0.2) is 30.5 Å². The number of likely N-dealkylation sites (N-methyl/N-ethyl adjacent to an activating group) is 1. The molecule has 0 unspecified atom stereocenters. The first-order valence-corrected chi connectivity index (χ1v) is 5.18. The Kier molecular flexibility index (Phi) is 2.92. The minimum atomic E-state index is 0.134. The fourth-order valence-corrected chi connectivity index (χ4v) is 1.75. The molecule has 0 atom stereocenters. The predicted octanol–water partition coefficient (Wildman–Crippen LogP) is 1.25. The Balaban J connectivity index is 2.53. The molecule has 1 aromatic heterocycles. The predicted molar refractivity (Wildman–Crippen MR) is 66.5 cm³/mol. The summed E-state index contributed by atoms with van der Waals surface area (Å²) in [7, 11) is 1.95. The fourth-order valence-electron chi connectivity index (χ4n) is 1.75. The second kappa shape index (κ2) is 4.37. The van der Waals surface area contributed by atoms with Crippen molar-refractivity contribution in [3.8, 4) is 0 Å². The van der Waals surface area contributed by atoms with E-state index in [-0.39, 0.29) is 6.61 Å². The molecule has 0 bridgehead atoms. The van der Waals surface area contributed by atoms with Crippen molar-refractivity contribution in [3.05, 3.63) is 30.5 Å². The quantitative estimate of drug-likeness (QED) is 0.759. The number of aliphatic hydroxyl groups excluding tert-OH is 1. The van der Waals surface area contributed by atoms with E-state index in [1.165, 1.54) is 0 Å². The molecule has 0 saturated heterocycles. The SMILES string of the molecule is CN(CCO)c1ccnc2cc(N)ccc12. The Morgan fingerprint density at radius 3 is 2.94 bits per heavy atom. The second-order valence-electron chi connectivity index (χ2n) is 3.75. The molecule has 0 aliphatic heterocycles. The van der Waals surface area contributed by atoms with Crippen molar-refractivity contribution in [1.29, 1.82) is 0 Å². The van der Waals surface area contributed by atoms with Crippen LogP contribution in [-0.2, 0) is 0 Å². The molecule has 0 amide bonds. The van der Waals surface area contributed by atoms with E-state index < -0.39 is 0 Å². The first-order valence-electron chi connectivity index (χ1n) is 5.18. The van der Waals surface area contributed by atoms with E-state index in [9.17, 15) is 0 Å². The van der Waals surface area contributed by atoms with Crippen molar-refractivity contribution in [2.24, 2.45) is 0 Å². The molecule has 2 aromatic rings. The molecule has 0 spiro atoms. The minimum Gasteiger partial charge on any atom is -0.399 e. The zero-order valence-corrected chi connectivity index (χ0v) is 9.22. The number of benzene rings is 1. The van der Waals surface area contributed by atoms with Gasteiger partial charge in [0.2, 0.25) is 0 Å². The third-order valence-electron chi connectivity index (χ3n) is 2.59. The molecule has 84 valence electrons. The number of nitrogens with zero attached hydrogens (tertiary/aromatic N) is 2. The van der Waals surface area contributed by atoms with E-state index in [2.05, 4.69) is 4.98 Å². The van der Waals surface area contributed by atoms with E-state index in [1.54, 1.807) is 6.20 Å². The van der Waals surface area contributed by atoms with Crippen molar-refractivity contribution < 1.29 is 5.11 Å². The van der Waals surface area contributed by atoms with Crippen molar-refractivity contribution >= 4 is 22.3 Å². The number of pyridine rings is 1. The van der Waals surface area contributed by atoms with Crippen LogP contribution in [0.5, 0.6) is 0 Å². The van der Waals surface area contributed by atoms with E-state index in [1.807, 2.05) is 36.2 Å². The van der Waals surface area contributed by atoms with Crippen LogP contribution < -0.4 is 10.6 Å². The monoisotopic (exact) mass is 217 g/mol. The van der Waals surface area contributed by atoms with Crippen LogP contribution in [0.25, 0.3) is 10.9 Å². The molecule has 4 heteroatoms. The van der Waals surface area contributed by atoms with Crippen LogP contribution in [0.4, 0.5) is 11.4 Å². The van der Waals surface area contributed by atoms with Gasteiger partial charge in [-0.3, -0.25) is 4.98 Å². The first-order chi connectivity index (χ1) is 7.72. The van der Waals surface area contributed by atoms with E-state index >= 15 is 0 Å². The Hall–Kier alpha value is -1.81. The van der Waals surface area contributed by atoms with Crippen molar-refractivity contribution in [3.63, 3.8) is 0 Å². The lowest BCUT2D eigenvalue weighted by molar-refractivity contribution is 0.304. The zero-order chi connectivity index (χ0) is 11.5. The number of aliphatic hydroxyl groups is 1. The maximum absolute atomic E-state index is 8.94. The van der Waals surface area contributed by atoms with Crippen molar-refractivity contribution in [2.75, 3.05) is 30.8 Å². The highest BCUT2D eigenvalue weighted by Crippen LogP contribution is 2.25. The molecule has 4 nitrogen and oxygen atoms in total. The average molecular weight is 217 g/mol. The summed E-state index contributed by atoms with van der Waals surface area (Å²) in [4.78, 5) is 6.28. The van der Waals surface area contributed by atoms with E-state index in [0.29, 0.717) is 12.2 Å². The lowest BCUT2D eigenvalue weighted by atomic mass is 10.1. The Morgan fingerprint density at radius 1 is 1.38 bits per heavy atom. The van der Waals surface area contributed by atoms with Crippen molar-refractivity contribution in [2.45, 2.75) is 0 Å². The average Bonchev–Trinajstić information content (AvgIpc) is 2.28. The van der Waals surface area contributed by atoms with Gasteiger partial charge in [-0.2, -0.15) is 0 Å². The highest BCUT2D eigenvalue weighted by atomic mass is 16.3. The number of hydrogen-bond acceptors (Lipinski definition) is 4. The summed E-state index contributed by atoms with van der Waals surface area (Å²) < 4.78 is 0. The summed E-state index contributed by atoms with van der Waals surface area (Å²) in [5.74, 6) is 0. The van der Waals surface area contributed by atoms with Gasteiger partial charge >= 0.3 is 0 Å². The number of rotatable bonds is 3. The maximum Gasteiger partial charge on any atom is 0.0743 e. The Bertz CT molecular complexity index is 499. The molecular formula is C12H15N3O. The standard InChI is InChI=1S/C12H15N3O/c1-15(6-7-16)12-4-5-14-11-8-9(13)2-3-10(11)12/h2-5,8,16H,6-7,13H2,1H3. The Morgan fingerprint density at radius 2 is 2.19 bits per heavy atom. The van der Waals surface area contributed by atoms with Crippen LogP contribution in [0.3, 0.4) is 0 Å². The lowest BCUT2D eigenvalue weighted by Gasteiger charge is -2.19. The van der Waals surface area contributed by atoms with E-state index in [4.69, 9.17) is 10.8 Å². The Labute approximate surface area is 94.3 Å². The van der Waals surface area contributed by atoms with E-state index in [0.717, 1.165) is 16.6 Å². The molecular weight excluding hydrogens is 202 g/mol. The lowest BCUT2D eigenvalue weighted by Crippen LogP contribution is -2.21. The van der Waals surface area contributed by atoms with Crippen molar-refractivity contribution in [1.82, 2.24) is 4.98 Å². The van der Waals surface area contributed by atoms with Gasteiger partial charge in [0.1, 0.15) is 0 Å². The van der Waals surface area contributed by atoms with Crippen LogP contribution in [0, 0.1) is 0 Å². The molecule has 16 heavy (non-hydrogen) atoms. The summed E-state index contributed by atoms with van der Waals surface area (Å²) >= 11 is 0. The van der Waals surface area contributed by atoms with Gasteiger partial charge in [0.15, 0.2) is 0 Å². The number of nitrogens with two attached hydrogens (primary N) is 1. The van der Waals surface area contributed by atoms with Gasteiger partial charge in [-0.1, -0.05) is 0 Å². The smallest absolute Gasteiger partial charge is 0.0743 e. The van der Waals surface area contributed by atoms with Crippen LogP contribution in [-0.4, -0.2) is 30.3 Å². The summed E-state index contributed by atoms with van der Waals surface area (Å²) in [6.07, 6.45) is 1.75. The highest BCUT2D eigenvalue weighted by Gasteiger charge is 2.06. The van der Waals surface area contributed by atoms with Gasteiger partial charge in [0, 0.05) is 36.6 Å². The number of fused-ring (bicyclic) bond motifs is 1. The third-order valence-corrected chi connectivity index (χ3v) is 2.59. The molecule has 0 aliphatic carbocycles. The first kappa shape index (κ1) is 10.7. The summed E-state index contributed by atoms with van der Waals surface area (Å²) in [5.41, 5.74) is 8.36. The second-order valence-corrected chi connectivity index (χ2v) is 3.75. The molecule has 0 aliphatic rings. The molecule has 0 fully saturated rings. The zero-order valence-electron chi connectivity index (χ0n) is 9.22. The summed E-state index contributed by atoms with van der Waals surface area (Å²) in [5, 5.41) is 9.99. The molecule has 0 saturated carbocycles. The number of nitrogen functional groups attached to an aromatic ring is 1. The van der Waals surface area contributed by atoms with Gasteiger partial charge < -0.3 is 15.7 Å². The number of aromatic nitrogens is 1. The molecule has 1 heterocycles. The topological polar surface area (TPSA) is 62.4 Å². The highest BCUT2D eigenvalue weighted by molar-refractivity contribution is 5.93. The molecule has 0 radical (unpaired) electrons. The fraction of sp³-hybridized carbons (Fsp3) is 0.250. The van der Waals surface area contributed by atoms with Gasteiger partial charge in [-0.25, -0.2) is 0 Å². The van der Waals surface area contributed by atoms with Gasteiger partial charge in [0.25, 0.3) is 0 Å². The van der Waals surface area contributed by atoms with Gasteiger partial charge in [0.05, 0.1) is 12.1 Å². The van der Waals surface area contributed by atoms with Crippen LogP contribution in [0.1, 0.15) is 0 Å².